The van der Waals surface area contributed by atoms with Gasteiger partial charge >= 0.3 is 6.18 Å². The van der Waals surface area contributed by atoms with Crippen LogP contribution in [0.15, 0.2) is 24.4 Å². The summed E-state index contributed by atoms with van der Waals surface area (Å²) in [4.78, 5) is 3.36. The van der Waals surface area contributed by atoms with Crippen molar-refractivity contribution in [2.45, 2.75) is 25.1 Å². The van der Waals surface area contributed by atoms with E-state index in [9.17, 15) is 22.7 Å². The maximum Gasteiger partial charge on any atom is 0.433 e. The Morgan fingerprint density at radius 2 is 2.04 bits per heavy atom. The zero-order valence-corrected chi connectivity index (χ0v) is 12.1. The van der Waals surface area contributed by atoms with Crippen molar-refractivity contribution >= 4 is 0 Å². The molecular weight excluding hydrogens is 328 g/mol. The van der Waals surface area contributed by atoms with E-state index in [2.05, 4.69) is 4.98 Å². The molecule has 1 aromatic carbocycles. The molecule has 0 fully saturated rings. The summed E-state index contributed by atoms with van der Waals surface area (Å²) in [5.74, 6) is -0.735. The number of alkyl halides is 3. The number of ether oxygens (including phenoxy) is 1. The van der Waals surface area contributed by atoms with E-state index in [1.807, 2.05) is 0 Å². The second-order valence-electron chi connectivity index (χ2n) is 5.30. The molecule has 0 saturated heterocycles. The molecule has 1 N–H and O–H groups in total. The van der Waals surface area contributed by atoms with Crippen LogP contribution in [0.3, 0.4) is 0 Å². The Balaban J connectivity index is 2.05. The molecule has 1 heterocycles. The fourth-order valence-corrected chi connectivity index (χ4v) is 2.72. The van der Waals surface area contributed by atoms with Crippen LogP contribution < -0.4 is 4.74 Å². The summed E-state index contributed by atoms with van der Waals surface area (Å²) in [6, 6.07) is 5.04. The highest BCUT2D eigenvalue weighted by atomic mass is 19.4. The molecule has 124 valence electrons. The Morgan fingerprint density at radius 3 is 2.71 bits per heavy atom. The lowest BCUT2D eigenvalue weighted by Crippen LogP contribution is -2.14. The lowest BCUT2D eigenvalue weighted by molar-refractivity contribution is -0.142. The minimum absolute atomic E-state index is 0.00374. The number of aromatic nitrogens is 1. The highest BCUT2D eigenvalue weighted by Crippen LogP contribution is 2.44. The monoisotopic (exact) mass is 338 g/mol. The smallest absolute Gasteiger partial charge is 0.433 e. The summed E-state index contributed by atoms with van der Waals surface area (Å²) in [7, 11) is 0. The molecule has 2 aromatic rings. The number of aliphatic hydroxyl groups is 1. The fraction of sp³-hybridized carbons (Fsp3) is 0.250. The lowest BCUT2D eigenvalue weighted by Gasteiger charge is -2.16. The van der Waals surface area contributed by atoms with Gasteiger partial charge in [0.15, 0.2) is 5.69 Å². The van der Waals surface area contributed by atoms with Crippen LogP contribution in [-0.2, 0) is 12.6 Å². The molecule has 0 bridgehead atoms. The van der Waals surface area contributed by atoms with Gasteiger partial charge in [0.2, 0.25) is 0 Å². The van der Waals surface area contributed by atoms with Crippen LogP contribution in [0.4, 0.5) is 17.6 Å². The first-order chi connectivity index (χ1) is 11.3. The van der Waals surface area contributed by atoms with Crippen molar-refractivity contribution < 1.29 is 27.4 Å². The van der Waals surface area contributed by atoms with Crippen LogP contribution in [0.1, 0.15) is 34.9 Å². The zero-order valence-electron chi connectivity index (χ0n) is 12.1. The van der Waals surface area contributed by atoms with Crippen LogP contribution >= 0.6 is 0 Å². The standard InChI is InChI=1S/C16H10F4N2O2/c17-9-3-8(6-21)4-10(5-9)24-13-7-22-15(16(18,19)20)14-11(13)1-2-12(14)23/h3-5,7,12,23H,1-2H2. The van der Waals surface area contributed by atoms with Crippen molar-refractivity contribution in [2.24, 2.45) is 0 Å². The first kappa shape index (κ1) is 16.2. The van der Waals surface area contributed by atoms with Crippen molar-refractivity contribution in [2.75, 3.05) is 0 Å². The zero-order chi connectivity index (χ0) is 17.5. The van der Waals surface area contributed by atoms with E-state index in [-0.39, 0.29) is 41.0 Å². The number of hydrogen-bond acceptors (Lipinski definition) is 4. The first-order valence-electron chi connectivity index (χ1n) is 6.95. The third-order valence-electron chi connectivity index (χ3n) is 3.69. The van der Waals surface area contributed by atoms with Gasteiger partial charge in [0, 0.05) is 17.2 Å². The van der Waals surface area contributed by atoms with Gasteiger partial charge in [-0.3, -0.25) is 0 Å². The number of nitriles is 1. The van der Waals surface area contributed by atoms with E-state index in [1.54, 1.807) is 6.07 Å². The summed E-state index contributed by atoms with van der Waals surface area (Å²) in [5, 5.41) is 18.7. The quantitative estimate of drug-likeness (QED) is 0.844. The molecule has 1 aliphatic carbocycles. The minimum atomic E-state index is -4.69. The topological polar surface area (TPSA) is 66.1 Å². The number of aliphatic hydroxyl groups excluding tert-OH is 1. The van der Waals surface area contributed by atoms with Gasteiger partial charge in [-0.2, -0.15) is 18.4 Å². The second kappa shape index (κ2) is 5.76. The highest BCUT2D eigenvalue weighted by Gasteiger charge is 2.41. The molecule has 0 radical (unpaired) electrons. The van der Waals surface area contributed by atoms with E-state index in [4.69, 9.17) is 10.00 Å². The Hall–Kier alpha value is -2.66. The van der Waals surface area contributed by atoms with E-state index in [1.165, 1.54) is 6.07 Å². The van der Waals surface area contributed by atoms with E-state index >= 15 is 0 Å². The number of nitrogens with zero attached hydrogens (tertiary/aromatic N) is 2. The molecule has 3 rings (SSSR count). The fourth-order valence-electron chi connectivity index (χ4n) is 2.72. The number of benzene rings is 1. The van der Waals surface area contributed by atoms with E-state index < -0.39 is 23.8 Å². The molecule has 8 heteroatoms. The van der Waals surface area contributed by atoms with Crippen molar-refractivity contribution in [1.82, 2.24) is 4.98 Å². The summed E-state index contributed by atoms with van der Waals surface area (Å²) < 4.78 is 57.9. The Bertz CT molecular complexity index is 843. The van der Waals surface area contributed by atoms with Gasteiger partial charge in [-0.25, -0.2) is 9.37 Å². The molecule has 1 aliphatic rings. The molecule has 0 saturated carbocycles. The third-order valence-corrected chi connectivity index (χ3v) is 3.69. The maximum absolute atomic E-state index is 13.4. The van der Waals surface area contributed by atoms with Crippen LogP contribution in [0.25, 0.3) is 0 Å². The summed E-state index contributed by atoms with van der Waals surface area (Å²) in [5.41, 5.74) is -1.25. The largest absolute Gasteiger partial charge is 0.455 e. The van der Waals surface area contributed by atoms with E-state index in [0.29, 0.717) is 0 Å². The van der Waals surface area contributed by atoms with Gasteiger partial charge in [0.25, 0.3) is 0 Å². The molecule has 0 spiro atoms. The van der Waals surface area contributed by atoms with Crippen molar-refractivity contribution in [3.63, 3.8) is 0 Å². The number of rotatable bonds is 2. The Labute approximate surface area is 133 Å². The van der Waals surface area contributed by atoms with Crippen molar-refractivity contribution in [3.8, 4) is 17.6 Å². The van der Waals surface area contributed by atoms with Gasteiger partial charge < -0.3 is 9.84 Å². The Kier molecular flexibility index (Phi) is 3.89. The number of halogens is 4. The van der Waals surface area contributed by atoms with Crippen LogP contribution in [0.5, 0.6) is 11.5 Å². The maximum atomic E-state index is 13.4. The molecular formula is C16H10F4N2O2. The Morgan fingerprint density at radius 1 is 1.29 bits per heavy atom. The van der Waals surface area contributed by atoms with Crippen molar-refractivity contribution in [1.29, 1.82) is 5.26 Å². The highest BCUT2D eigenvalue weighted by molar-refractivity contribution is 5.48. The molecule has 24 heavy (non-hydrogen) atoms. The van der Waals surface area contributed by atoms with Gasteiger partial charge in [0.1, 0.15) is 17.3 Å². The molecule has 0 aliphatic heterocycles. The van der Waals surface area contributed by atoms with Crippen molar-refractivity contribution in [3.05, 3.63) is 52.6 Å². The lowest BCUT2D eigenvalue weighted by atomic mass is 10.1. The number of hydrogen-bond donors (Lipinski definition) is 1. The summed E-state index contributed by atoms with van der Waals surface area (Å²) in [6.07, 6.45) is -4.78. The second-order valence-corrected chi connectivity index (χ2v) is 5.30. The number of fused-ring (bicyclic) bond motifs is 1. The van der Waals surface area contributed by atoms with Gasteiger partial charge in [-0.15, -0.1) is 0 Å². The average Bonchev–Trinajstić information content (AvgIpc) is 2.88. The van der Waals surface area contributed by atoms with Gasteiger partial charge in [0.05, 0.1) is 23.9 Å². The van der Waals surface area contributed by atoms with E-state index in [0.717, 1.165) is 18.3 Å². The van der Waals surface area contributed by atoms with Gasteiger partial charge in [-0.1, -0.05) is 0 Å². The normalized spacial score (nSPS) is 16.6. The SMILES string of the molecule is N#Cc1cc(F)cc(Oc2cnc(C(F)(F)F)c3c2CCC3O)c1. The van der Waals surface area contributed by atoms with Gasteiger partial charge in [-0.05, 0) is 25.0 Å². The molecule has 1 unspecified atom stereocenters. The van der Waals surface area contributed by atoms with Crippen LogP contribution in [-0.4, -0.2) is 10.1 Å². The van der Waals surface area contributed by atoms with Crippen LogP contribution in [0, 0.1) is 17.1 Å². The van der Waals surface area contributed by atoms with Crippen LogP contribution in [0.2, 0.25) is 0 Å². The first-order valence-corrected chi connectivity index (χ1v) is 6.95. The number of pyridine rings is 1. The molecule has 1 aromatic heterocycles. The summed E-state index contributed by atoms with van der Waals surface area (Å²) >= 11 is 0. The predicted octanol–water partition coefficient (Wildman–Crippen LogP) is 3.88. The summed E-state index contributed by atoms with van der Waals surface area (Å²) in [6.45, 7) is 0. The molecule has 1 atom stereocenters. The molecule has 0 amide bonds. The predicted molar refractivity (Wildman–Crippen MR) is 73.7 cm³/mol. The molecule has 4 nitrogen and oxygen atoms in total. The average molecular weight is 338 g/mol. The minimum Gasteiger partial charge on any atom is -0.455 e. The third kappa shape index (κ3) is 2.90.